The lowest BCUT2D eigenvalue weighted by molar-refractivity contribution is 0.563. The molecule has 0 atom stereocenters. The quantitative estimate of drug-likeness (QED) is 0.168. The highest BCUT2D eigenvalue weighted by molar-refractivity contribution is 7.25. The molecule has 0 N–H and O–H groups in total. The molecule has 0 saturated carbocycles. The highest BCUT2D eigenvalue weighted by Crippen LogP contribution is 2.62. The first-order chi connectivity index (χ1) is 29.5. The Morgan fingerprint density at radius 1 is 0.350 bits per heavy atom. The van der Waals surface area contributed by atoms with Gasteiger partial charge >= 0.3 is 0 Å². The second kappa shape index (κ2) is 13.3. The van der Waals surface area contributed by atoms with Crippen molar-refractivity contribution in [2.75, 3.05) is 4.90 Å². The van der Waals surface area contributed by atoms with Gasteiger partial charge in [0.05, 0.1) is 11.1 Å². The first-order valence-corrected chi connectivity index (χ1v) is 21.7. The second-order valence-electron chi connectivity index (χ2n) is 16.8. The highest BCUT2D eigenvalue weighted by Gasteiger charge is 2.53. The molecular formula is C58H41NS. The van der Waals surface area contributed by atoms with Gasteiger partial charge in [0.25, 0.3) is 0 Å². The van der Waals surface area contributed by atoms with Gasteiger partial charge in [0, 0.05) is 42.5 Å². The lowest BCUT2D eigenvalue weighted by atomic mass is 9.55. The molecule has 0 amide bonds. The third-order valence-corrected chi connectivity index (χ3v) is 14.5. The van der Waals surface area contributed by atoms with E-state index < -0.39 is 0 Å². The molecule has 1 nitrogen and oxygen atoms in total. The van der Waals surface area contributed by atoms with Gasteiger partial charge in [-0.15, -0.1) is 11.3 Å². The topological polar surface area (TPSA) is 3.24 Å². The van der Waals surface area contributed by atoms with Crippen molar-refractivity contribution in [1.29, 1.82) is 0 Å². The van der Waals surface area contributed by atoms with Gasteiger partial charge in [-0.05, 0) is 110 Å². The van der Waals surface area contributed by atoms with E-state index in [0.717, 1.165) is 17.1 Å². The second-order valence-corrected chi connectivity index (χ2v) is 17.9. The number of rotatable bonds is 5. The van der Waals surface area contributed by atoms with Crippen LogP contribution in [0.4, 0.5) is 17.1 Å². The minimum absolute atomic E-state index is 0.202. The molecule has 0 unspecified atom stereocenters. The van der Waals surface area contributed by atoms with Crippen LogP contribution in [0.15, 0.2) is 212 Å². The maximum atomic E-state index is 2.49. The van der Waals surface area contributed by atoms with Crippen LogP contribution in [0.5, 0.6) is 0 Å². The van der Waals surface area contributed by atoms with Gasteiger partial charge in [-0.2, -0.15) is 0 Å². The summed E-state index contributed by atoms with van der Waals surface area (Å²) in [4.78, 5) is 2.40. The van der Waals surface area contributed by atoms with Gasteiger partial charge in [0.15, 0.2) is 0 Å². The van der Waals surface area contributed by atoms with Gasteiger partial charge in [0.2, 0.25) is 0 Å². The Labute approximate surface area is 355 Å². The average molecular weight is 784 g/mol. The third-order valence-electron chi connectivity index (χ3n) is 13.4. The van der Waals surface area contributed by atoms with Gasteiger partial charge < -0.3 is 4.90 Å². The van der Waals surface area contributed by atoms with Gasteiger partial charge in [-0.3, -0.25) is 0 Å². The van der Waals surface area contributed by atoms with Gasteiger partial charge in [-0.1, -0.05) is 178 Å². The molecule has 10 aromatic rings. The predicted molar refractivity (Wildman–Crippen MR) is 254 cm³/mol. The molecule has 1 heterocycles. The fraction of sp³-hybridized carbons (Fsp3) is 0.0690. The van der Waals surface area contributed by atoms with Crippen LogP contribution in [-0.4, -0.2) is 0 Å². The van der Waals surface area contributed by atoms with Crippen molar-refractivity contribution in [3.8, 4) is 33.4 Å². The largest absolute Gasteiger partial charge is 0.310 e. The molecular weight excluding hydrogens is 743 g/mol. The Kier molecular flexibility index (Phi) is 7.73. The Bertz CT molecular complexity index is 3250. The van der Waals surface area contributed by atoms with Crippen LogP contribution in [0, 0.1) is 0 Å². The number of benzene rings is 9. The summed E-state index contributed by atoms with van der Waals surface area (Å²) in [6.07, 6.45) is 0. The number of nitrogens with zero attached hydrogens (tertiary/aromatic N) is 1. The summed E-state index contributed by atoms with van der Waals surface area (Å²) < 4.78 is 2.63. The fourth-order valence-electron chi connectivity index (χ4n) is 10.6. The van der Waals surface area contributed by atoms with Crippen molar-refractivity contribution in [3.05, 3.63) is 246 Å². The molecule has 2 aliphatic rings. The van der Waals surface area contributed by atoms with Gasteiger partial charge in [0.1, 0.15) is 0 Å². The van der Waals surface area contributed by atoms with E-state index in [4.69, 9.17) is 0 Å². The number of para-hydroxylation sites is 2. The Balaban J connectivity index is 0.983. The number of fused-ring (bicyclic) bond motifs is 12. The normalized spacial score (nSPS) is 14.1. The van der Waals surface area contributed by atoms with Crippen LogP contribution in [-0.2, 0) is 10.8 Å². The lowest BCUT2D eigenvalue weighted by Crippen LogP contribution is -2.40. The Morgan fingerprint density at radius 2 is 0.883 bits per heavy atom. The molecule has 12 rings (SSSR count). The van der Waals surface area contributed by atoms with Crippen LogP contribution in [0.2, 0.25) is 0 Å². The van der Waals surface area contributed by atoms with E-state index in [1.54, 1.807) is 0 Å². The third kappa shape index (κ3) is 4.98. The zero-order valence-electron chi connectivity index (χ0n) is 33.6. The van der Waals surface area contributed by atoms with Crippen molar-refractivity contribution >= 4 is 48.6 Å². The van der Waals surface area contributed by atoms with Crippen LogP contribution >= 0.6 is 11.3 Å². The molecule has 284 valence electrons. The van der Waals surface area contributed by atoms with E-state index in [9.17, 15) is 0 Å². The fourth-order valence-corrected chi connectivity index (χ4v) is 11.8. The zero-order chi connectivity index (χ0) is 40.0. The van der Waals surface area contributed by atoms with E-state index >= 15 is 0 Å². The predicted octanol–water partition coefficient (Wildman–Crippen LogP) is 15.9. The first-order valence-electron chi connectivity index (χ1n) is 20.9. The number of anilines is 3. The van der Waals surface area contributed by atoms with Crippen molar-refractivity contribution < 1.29 is 0 Å². The minimum atomic E-state index is -0.387. The summed E-state index contributed by atoms with van der Waals surface area (Å²) in [7, 11) is 0. The maximum absolute atomic E-state index is 2.49. The van der Waals surface area contributed by atoms with Crippen LogP contribution in [0.25, 0.3) is 53.6 Å². The Hall–Kier alpha value is -7.00. The van der Waals surface area contributed by atoms with Gasteiger partial charge in [-0.25, -0.2) is 0 Å². The Morgan fingerprint density at radius 3 is 1.63 bits per heavy atom. The summed E-state index contributed by atoms with van der Waals surface area (Å²) in [5.74, 6) is 0. The molecule has 0 fully saturated rings. The molecule has 1 spiro atoms. The van der Waals surface area contributed by atoms with E-state index in [0.29, 0.717) is 0 Å². The lowest BCUT2D eigenvalue weighted by Gasteiger charge is -2.46. The first kappa shape index (κ1) is 35.0. The molecule has 0 aliphatic heterocycles. The maximum Gasteiger partial charge on any atom is 0.0719 e. The smallest absolute Gasteiger partial charge is 0.0719 e. The van der Waals surface area contributed by atoms with Crippen LogP contribution < -0.4 is 4.90 Å². The molecule has 9 aromatic carbocycles. The molecule has 0 radical (unpaired) electrons. The van der Waals surface area contributed by atoms with Crippen molar-refractivity contribution in [2.24, 2.45) is 0 Å². The monoisotopic (exact) mass is 783 g/mol. The molecule has 0 saturated heterocycles. The average Bonchev–Trinajstić information content (AvgIpc) is 3.83. The summed E-state index contributed by atoms with van der Waals surface area (Å²) in [5, 5.41) is 2.64. The number of hydrogen-bond acceptors (Lipinski definition) is 2. The van der Waals surface area contributed by atoms with Crippen molar-refractivity contribution in [1.82, 2.24) is 0 Å². The highest BCUT2D eigenvalue weighted by atomic mass is 32.1. The summed E-state index contributed by atoms with van der Waals surface area (Å²) >= 11 is 1.87. The molecule has 1 aromatic heterocycles. The number of hydrogen-bond donors (Lipinski definition) is 0. The summed E-state index contributed by atoms with van der Waals surface area (Å²) in [6, 6.07) is 79.1. The van der Waals surface area contributed by atoms with Crippen molar-refractivity contribution in [3.63, 3.8) is 0 Å². The standard InChI is InChI=1S/C58H41NS/c1-57(2)50-24-12-13-25-51(50)58(48-22-10-6-19-44(48)45-20-7-11-23-49(45)58)52-35-31-39(36-53(52)57)38-28-32-42(33-29-38)59(41-16-4-3-5-17-41)54-26-14-8-18-43(54)40-30-34-47-46-21-9-15-27-55(46)60-56(47)37-40/h3-37H,1-2H3. The molecule has 2 heteroatoms. The van der Waals surface area contributed by atoms with Crippen LogP contribution in [0.3, 0.4) is 0 Å². The van der Waals surface area contributed by atoms with E-state index in [2.05, 4.69) is 231 Å². The molecule has 60 heavy (non-hydrogen) atoms. The van der Waals surface area contributed by atoms with E-state index in [1.165, 1.54) is 86.9 Å². The minimum Gasteiger partial charge on any atom is -0.310 e. The summed E-state index contributed by atoms with van der Waals surface area (Å²) in [6.45, 7) is 4.82. The zero-order valence-corrected chi connectivity index (χ0v) is 34.4. The molecule has 2 aliphatic carbocycles. The van der Waals surface area contributed by atoms with E-state index in [-0.39, 0.29) is 10.8 Å². The van der Waals surface area contributed by atoms with Crippen molar-refractivity contribution in [2.45, 2.75) is 24.7 Å². The van der Waals surface area contributed by atoms with Crippen LogP contribution in [0.1, 0.15) is 47.2 Å². The molecule has 0 bridgehead atoms. The van der Waals surface area contributed by atoms with E-state index in [1.807, 2.05) is 11.3 Å². The SMILES string of the molecule is CC1(C)c2ccccc2C2(c3ccccc3-c3ccccc32)c2ccc(-c3ccc(N(c4ccccc4)c4ccccc4-c4ccc5c(c4)sc4ccccc45)cc3)cc21. The number of thiophene rings is 1. The summed E-state index contributed by atoms with van der Waals surface area (Å²) in [5.41, 5.74) is 18.6.